The number of hydrogen-bond acceptors (Lipinski definition) is 9. The molecule has 0 aromatic heterocycles. The number of primary amides is 1. The average Bonchev–Trinajstić information content (AvgIpc) is 3.25. The predicted molar refractivity (Wildman–Crippen MR) is 91.0 cm³/mol. The zero-order valence-corrected chi connectivity index (χ0v) is 14.9. The third-order valence-corrected chi connectivity index (χ3v) is 4.53. The summed E-state index contributed by atoms with van der Waals surface area (Å²) in [6.07, 6.45) is -4.66. The monoisotopic (exact) mass is 374 g/mol. The van der Waals surface area contributed by atoms with Gasteiger partial charge in [-0.05, 0) is 12.3 Å². The third kappa shape index (κ3) is 4.73. The Morgan fingerprint density at radius 3 is 2.15 bits per heavy atom. The molecule has 26 heavy (non-hydrogen) atoms. The van der Waals surface area contributed by atoms with Crippen molar-refractivity contribution in [2.45, 2.75) is 63.0 Å². The van der Waals surface area contributed by atoms with Gasteiger partial charge >= 0.3 is 7.12 Å². The lowest BCUT2D eigenvalue weighted by Gasteiger charge is -2.24. The van der Waals surface area contributed by atoms with E-state index in [0.29, 0.717) is 12.1 Å². The second-order valence-corrected chi connectivity index (χ2v) is 7.09. The molecule has 0 radical (unpaired) electrons. The SMILES string of the molecule is CC(C)C[C@@H](B1OC(C(O)CO)C(C(O)CO)O1)C1=NOC(C(N)=O)C1. The van der Waals surface area contributed by atoms with Crippen LogP contribution in [0, 0.1) is 5.92 Å². The van der Waals surface area contributed by atoms with Crippen LogP contribution in [0.5, 0.6) is 0 Å². The minimum absolute atomic E-state index is 0.205. The van der Waals surface area contributed by atoms with E-state index in [-0.39, 0.29) is 12.3 Å². The number of nitrogens with two attached hydrogens (primary N) is 1. The van der Waals surface area contributed by atoms with E-state index in [0.717, 1.165) is 0 Å². The van der Waals surface area contributed by atoms with E-state index in [1.807, 2.05) is 13.8 Å². The highest BCUT2D eigenvalue weighted by atomic mass is 16.7. The van der Waals surface area contributed by atoms with Crippen LogP contribution >= 0.6 is 0 Å². The van der Waals surface area contributed by atoms with Gasteiger partial charge in [0.2, 0.25) is 6.10 Å². The average molecular weight is 374 g/mol. The summed E-state index contributed by atoms with van der Waals surface area (Å²) >= 11 is 0. The smallest absolute Gasteiger partial charge is 0.402 e. The van der Waals surface area contributed by atoms with E-state index >= 15 is 0 Å². The number of aliphatic hydroxyl groups is 4. The highest BCUT2D eigenvalue weighted by Gasteiger charge is 2.51. The molecule has 10 nitrogen and oxygen atoms in total. The van der Waals surface area contributed by atoms with Gasteiger partial charge in [-0.3, -0.25) is 4.79 Å². The zero-order valence-electron chi connectivity index (χ0n) is 14.9. The summed E-state index contributed by atoms with van der Waals surface area (Å²) in [5, 5.41) is 42.3. The molecule has 0 bridgehead atoms. The highest BCUT2D eigenvalue weighted by molar-refractivity contribution is 6.53. The summed E-state index contributed by atoms with van der Waals surface area (Å²) in [6, 6.07) is 0. The van der Waals surface area contributed by atoms with Crippen molar-refractivity contribution in [3.05, 3.63) is 0 Å². The first kappa shape index (κ1) is 21.1. The van der Waals surface area contributed by atoms with Gasteiger partial charge in [-0.1, -0.05) is 19.0 Å². The fourth-order valence-electron chi connectivity index (χ4n) is 3.19. The Bertz CT molecular complexity index is 502. The van der Waals surface area contributed by atoms with Crippen LogP contribution in [-0.2, 0) is 18.9 Å². The molecule has 2 rings (SSSR count). The molecule has 0 aromatic carbocycles. The molecule has 6 N–H and O–H groups in total. The van der Waals surface area contributed by atoms with E-state index < -0.39 is 62.6 Å². The maximum Gasteiger partial charge on any atom is 0.467 e. The van der Waals surface area contributed by atoms with Gasteiger partial charge in [0.05, 0.1) is 31.1 Å². The largest absolute Gasteiger partial charge is 0.467 e. The van der Waals surface area contributed by atoms with Crippen LogP contribution in [0.15, 0.2) is 5.16 Å². The molecule has 0 spiro atoms. The first-order valence-corrected chi connectivity index (χ1v) is 8.69. The van der Waals surface area contributed by atoms with Gasteiger partial charge in [-0.25, -0.2) is 0 Å². The van der Waals surface area contributed by atoms with Crippen molar-refractivity contribution < 1.29 is 39.4 Å². The van der Waals surface area contributed by atoms with Crippen LogP contribution in [0.4, 0.5) is 0 Å². The summed E-state index contributed by atoms with van der Waals surface area (Å²) in [6.45, 7) is 2.81. The molecule has 148 valence electrons. The molecule has 11 heteroatoms. The minimum atomic E-state index is -1.29. The van der Waals surface area contributed by atoms with Crippen molar-refractivity contribution in [1.29, 1.82) is 0 Å². The molecular weight excluding hydrogens is 347 g/mol. The van der Waals surface area contributed by atoms with Crippen molar-refractivity contribution in [3.63, 3.8) is 0 Å². The normalized spacial score (nSPS) is 29.4. The Hall–Kier alpha value is -1.24. The maximum absolute atomic E-state index is 11.3. The first-order chi connectivity index (χ1) is 12.3. The van der Waals surface area contributed by atoms with Crippen LogP contribution in [0.3, 0.4) is 0 Å². The molecule has 1 amide bonds. The molecule has 1 fully saturated rings. The van der Waals surface area contributed by atoms with Gasteiger partial charge in [0.15, 0.2) is 0 Å². The van der Waals surface area contributed by atoms with Crippen molar-refractivity contribution in [2.24, 2.45) is 16.8 Å². The van der Waals surface area contributed by atoms with Crippen LogP contribution in [-0.4, -0.2) is 82.9 Å². The molecule has 2 heterocycles. The number of carbonyl (C=O) groups excluding carboxylic acids is 1. The van der Waals surface area contributed by atoms with E-state index in [4.69, 9.17) is 19.9 Å². The lowest BCUT2D eigenvalue weighted by molar-refractivity contribution is -0.127. The summed E-state index contributed by atoms with van der Waals surface area (Å²) in [7, 11) is -0.885. The second kappa shape index (κ2) is 9.11. The maximum atomic E-state index is 11.3. The molecular formula is C15H27BN2O8. The van der Waals surface area contributed by atoms with Gasteiger partial charge in [-0.2, -0.15) is 0 Å². The lowest BCUT2D eigenvalue weighted by Crippen LogP contribution is -2.45. The molecule has 6 atom stereocenters. The van der Waals surface area contributed by atoms with E-state index in [9.17, 15) is 25.2 Å². The van der Waals surface area contributed by atoms with Gasteiger partial charge in [-0.15, -0.1) is 0 Å². The Morgan fingerprint density at radius 2 is 1.77 bits per heavy atom. The van der Waals surface area contributed by atoms with Gasteiger partial charge in [0, 0.05) is 12.2 Å². The van der Waals surface area contributed by atoms with Gasteiger partial charge in [0.25, 0.3) is 5.91 Å². The minimum Gasteiger partial charge on any atom is -0.402 e. The number of aliphatic hydroxyl groups excluding tert-OH is 4. The van der Waals surface area contributed by atoms with Crippen molar-refractivity contribution in [3.8, 4) is 0 Å². The number of oxime groups is 1. The molecule has 0 saturated carbocycles. The number of hydrogen-bond donors (Lipinski definition) is 5. The zero-order chi connectivity index (χ0) is 19.4. The van der Waals surface area contributed by atoms with Crippen LogP contribution in [0.2, 0.25) is 5.82 Å². The number of nitrogens with zero attached hydrogens (tertiary/aromatic N) is 1. The summed E-state index contributed by atoms with van der Waals surface area (Å²) in [5.41, 5.74) is 5.80. The highest BCUT2D eigenvalue weighted by Crippen LogP contribution is 2.35. The topological polar surface area (TPSA) is 164 Å². The van der Waals surface area contributed by atoms with Crippen molar-refractivity contribution in [1.82, 2.24) is 0 Å². The van der Waals surface area contributed by atoms with E-state index in [2.05, 4.69) is 5.16 Å². The molecule has 0 aliphatic carbocycles. The molecule has 5 unspecified atom stereocenters. The fraction of sp³-hybridized carbons (Fsp3) is 0.867. The van der Waals surface area contributed by atoms with Crippen LogP contribution in [0.25, 0.3) is 0 Å². The number of carbonyl (C=O) groups is 1. The second-order valence-electron chi connectivity index (χ2n) is 7.09. The van der Waals surface area contributed by atoms with Crippen molar-refractivity contribution >= 4 is 18.7 Å². The van der Waals surface area contributed by atoms with Crippen LogP contribution < -0.4 is 5.73 Å². The number of rotatable bonds is 9. The number of amides is 1. The Morgan fingerprint density at radius 1 is 1.23 bits per heavy atom. The quantitative estimate of drug-likeness (QED) is 0.290. The van der Waals surface area contributed by atoms with Crippen molar-refractivity contribution in [2.75, 3.05) is 13.2 Å². The fourth-order valence-corrected chi connectivity index (χ4v) is 3.19. The predicted octanol–water partition coefficient (Wildman–Crippen LogP) is -1.99. The molecule has 2 aliphatic rings. The van der Waals surface area contributed by atoms with Gasteiger partial charge < -0.3 is 40.3 Å². The van der Waals surface area contributed by atoms with Gasteiger partial charge in [0.1, 0.15) is 12.2 Å². The Balaban J connectivity index is 2.18. The van der Waals surface area contributed by atoms with Crippen LogP contribution in [0.1, 0.15) is 26.7 Å². The summed E-state index contributed by atoms with van der Waals surface area (Å²) in [4.78, 5) is 16.4. The third-order valence-electron chi connectivity index (χ3n) is 4.53. The summed E-state index contributed by atoms with van der Waals surface area (Å²) in [5.74, 6) is -0.795. The molecule has 0 aromatic rings. The Labute approximate surface area is 152 Å². The lowest BCUT2D eigenvalue weighted by atomic mass is 9.64. The Kier molecular flexibility index (Phi) is 7.38. The molecule has 2 aliphatic heterocycles. The van der Waals surface area contributed by atoms with E-state index in [1.54, 1.807) is 0 Å². The standard InChI is InChI=1S/C15H27BN2O8/c1-7(2)3-8(9-4-12(15(17)23)26-18-9)16-24-13(10(21)5-19)14(25-16)11(22)6-20/h7-8,10-14,19-22H,3-6H2,1-2H3,(H2,17,23)/t8-,10?,11?,12?,13?,14?/m1/s1. The van der Waals surface area contributed by atoms with E-state index in [1.165, 1.54) is 0 Å². The molecule has 1 saturated heterocycles. The first-order valence-electron chi connectivity index (χ1n) is 8.69. The summed E-state index contributed by atoms with van der Waals surface area (Å²) < 4.78 is 11.5.